The van der Waals surface area contributed by atoms with Crippen LogP contribution in [-0.4, -0.2) is 60.0 Å². The van der Waals surface area contributed by atoms with Crippen LogP contribution < -0.4 is 0 Å². The molecule has 1 aromatic carbocycles. The number of carbonyl (C=O) groups excluding carboxylic acids is 1. The first-order valence-corrected chi connectivity index (χ1v) is 9.95. The predicted molar refractivity (Wildman–Crippen MR) is 105 cm³/mol. The number of aromatic nitrogens is 2. The smallest absolute Gasteiger partial charge is 0.306 e. The molecule has 0 amide bonds. The first kappa shape index (κ1) is 20.8. The van der Waals surface area contributed by atoms with Crippen LogP contribution in [0, 0.1) is 5.92 Å². The van der Waals surface area contributed by atoms with E-state index in [1.54, 1.807) is 12.1 Å². The number of halogens is 1. The zero-order chi connectivity index (χ0) is 19.9. The molecular formula is C20H26ClN3O4. The quantitative estimate of drug-likeness (QED) is 0.621. The van der Waals surface area contributed by atoms with E-state index in [0.717, 1.165) is 25.2 Å². The van der Waals surface area contributed by atoms with Crippen LogP contribution in [-0.2, 0) is 20.7 Å². The Kier molecular flexibility index (Phi) is 7.42. The third kappa shape index (κ3) is 6.29. The van der Waals surface area contributed by atoms with Gasteiger partial charge in [0.2, 0.25) is 11.7 Å². The maximum Gasteiger partial charge on any atom is 0.306 e. The minimum atomic E-state index is -0.296. The topological polar surface area (TPSA) is 77.7 Å². The molecule has 1 fully saturated rings. The third-order valence-corrected chi connectivity index (χ3v) is 4.64. The van der Waals surface area contributed by atoms with Gasteiger partial charge < -0.3 is 14.0 Å². The van der Waals surface area contributed by atoms with Crippen molar-refractivity contribution < 1.29 is 18.8 Å². The molecule has 1 unspecified atom stereocenters. The summed E-state index contributed by atoms with van der Waals surface area (Å²) in [5.74, 6) is 1.18. The van der Waals surface area contributed by atoms with Crippen LogP contribution in [0.15, 0.2) is 28.8 Å². The third-order valence-electron chi connectivity index (χ3n) is 4.39. The number of esters is 1. The molecule has 28 heavy (non-hydrogen) atoms. The van der Waals surface area contributed by atoms with Gasteiger partial charge in [-0.2, -0.15) is 4.98 Å². The summed E-state index contributed by atoms with van der Waals surface area (Å²) >= 11 is 5.88. The second-order valence-electron chi connectivity index (χ2n) is 7.35. The van der Waals surface area contributed by atoms with Gasteiger partial charge in [-0.3, -0.25) is 9.69 Å². The van der Waals surface area contributed by atoms with Crippen LogP contribution >= 0.6 is 11.6 Å². The van der Waals surface area contributed by atoms with Gasteiger partial charge in [0.1, 0.15) is 12.7 Å². The molecule has 0 N–H and O–H groups in total. The molecule has 2 heterocycles. The van der Waals surface area contributed by atoms with Gasteiger partial charge in [0.05, 0.1) is 13.0 Å². The summed E-state index contributed by atoms with van der Waals surface area (Å²) in [6, 6.07) is 7.16. The summed E-state index contributed by atoms with van der Waals surface area (Å²) in [6.07, 6.45) is 0.450. The number of hydrogen-bond donors (Lipinski definition) is 0. The molecule has 0 aliphatic carbocycles. The minimum absolute atomic E-state index is 0.0728. The standard InChI is InChI=1S/C20H26ClN3O4/c1-14(2)11-24-9-10-26-17(12-24)13-27-19(25)8-7-18-22-20(23-28-18)15-3-5-16(21)6-4-15/h3-6,14,17H,7-13H2,1-2H3. The summed E-state index contributed by atoms with van der Waals surface area (Å²) in [7, 11) is 0. The molecule has 0 saturated carbocycles. The van der Waals surface area contributed by atoms with Crippen molar-refractivity contribution in [2.45, 2.75) is 32.8 Å². The van der Waals surface area contributed by atoms with Crippen LogP contribution in [0.1, 0.15) is 26.2 Å². The Balaban J connectivity index is 1.40. The van der Waals surface area contributed by atoms with E-state index in [1.807, 2.05) is 12.1 Å². The number of morpholine rings is 1. The molecule has 3 rings (SSSR count). The number of carbonyl (C=O) groups is 1. The summed E-state index contributed by atoms with van der Waals surface area (Å²) in [4.78, 5) is 18.7. The van der Waals surface area contributed by atoms with Gasteiger partial charge in [-0.15, -0.1) is 0 Å². The lowest BCUT2D eigenvalue weighted by Crippen LogP contribution is -2.45. The molecule has 7 nitrogen and oxygen atoms in total. The molecule has 1 aromatic heterocycles. The Morgan fingerprint density at radius 1 is 1.36 bits per heavy atom. The van der Waals surface area contributed by atoms with Crippen molar-refractivity contribution in [1.29, 1.82) is 0 Å². The van der Waals surface area contributed by atoms with E-state index in [-0.39, 0.29) is 25.1 Å². The molecule has 0 spiro atoms. The number of ether oxygens (including phenoxy) is 2. The number of nitrogens with zero attached hydrogens (tertiary/aromatic N) is 3. The molecule has 2 aromatic rings. The highest BCUT2D eigenvalue weighted by Crippen LogP contribution is 2.19. The molecule has 1 saturated heterocycles. The molecule has 0 bridgehead atoms. The normalized spacial score (nSPS) is 17.8. The summed E-state index contributed by atoms with van der Waals surface area (Å²) < 4.78 is 16.3. The van der Waals surface area contributed by atoms with Crippen molar-refractivity contribution in [2.24, 2.45) is 5.92 Å². The fourth-order valence-electron chi connectivity index (χ4n) is 3.10. The van der Waals surface area contributed by atoms with Gasteiger partial charge in [0.15, 0.2) is 0 Å². The molecule has 1 atom stereocenters. The van der Waals surface area contributed by atoms with E-state index in [4.69, 9.17) is 25.6 Å². The van der Waals surface area contributed by atoms with Crippen molar-refractivity contribution >= 4 is 17.6 Å². The van der Waals surface area contributed by atoms with Crippen molar-refractivity contribution in [2.75, 3.05) is 32.8 Å². The van der Waals surface area contributed by atoms with Crippen LogP contribution in [0.5, 0.6) is 0 Å². The van der Waals surface area contributed by atoms with Gasteiger partial charge in [-0.1, -0.05) is 30.6 Å². The average molecular weight is 408 g/mol. The average Bonchev–Trinajstić information content (AvgIpc) is 3.14. The van der Waals surface area contributed by atoms with Gasteiger partial charge >= 0.3 is 5.97 Å². The van der Waals surface area contributed by atoms with Crippen LogP contribution in [0.4, 0.5) is 0 Å². The van der Waals surface area contributed by atoms with Gasteiger partial charge in [-0.25, -0.2) is 0 Å². The lowest BCUT2D eigenvalue weighted by atomic mass is 10.2. The molecular weight excluding hydrogens is 382 g/mol. The summed E-state index contributed by atoms with van der Waals surface area (Å²) in [6.45, 7) is 8.08. The molecule has 1 aliphatic heterocycles. The zero-order valence-corrected chi connectivity index (χ0v) is 17.0. The largest absolute Gasteiger partial charge is 0.463 e. The van der Waals surface area contributed by atoms with Gasteiger partial charge in [-0.05, 0) is 30.2 Å². The SMILES string of the molecule is CC(C)CN1CCOC(COC(=O)CCc2nc(-c3ccc(Cl)cc3)no2)C1. The molecule has 152 valence electrons. The van der Waals surface area contributed by atoms with Gasteiger partial charge in [0.25, 0.3) is 0 Å². The predicted octanol–water partition coefficient (Wildman–Crippen LogP) is 3.22. The number of aryl methyl sites for hydroxylation is 1. The highest BCUT2D eigenvalue weighted by molar-refractivity contribution is 6.30. The Hall–Kier alpha value is -1.96. The minimum Gasteiger partial charge on any atom is -0.463 e. The van der Waals surface area contributed by atoms with Crippen molar-refractivity contribution in [1.82, 2.24) is 15.0 Å². The zero-order valence-electron chi connectivity index (χ0n) is 16.3. The fraction of sp³-hybridized carbons (Fsp3) is 0.550. The Bertz CT molecular complexity index is 763. The van der Waals surface area contributed by atoms with E-state index in [0.29, 0.717) is 35.7 Å². The second-order valence-corrected chi connectivity index (χ2v) is 7.78. The first-order valence-electron chi connectivity index (χ1n) is 9.57. The summed E-state index contributed by atoms with van der Waals surface area (Å²) in [5, 5.41) is 4.58. The number of hydrogen-bond acceptors (Lipinski definition) is 7. The Morgan fingerprint density at radius 3 is 2.89 bits per heavy atom. The molecule has 8 heteroatoms. The van der Waals surface area contributed by atoms with Gasteiger partial charge in [0, 0.05) is 36.6 Å². The Morgan fingerprint density at radius 2 is 2.14 bits per heavy atom. The maximum atomic E-state index is 12.0. The lowest BCUT2D eigenvalue weighted by molar-refractivity contribution is -0.150. The van der Waals surface area contributed by atoms with E-state index in [1.165, 1.54) is 0 Å². The number of benzene rings is 1. The first-order chi connectivity index (χ1) is 13.5. The maximum absolute atomic E-state index is 12.0. The number of rotatable bonds is 8. The fourth-order valence-corrected chi connectivity index (χ4v) is 3.23. The van der Waals surface area contributed by atoms with Crippen LogP contribution in [0.2, 0.25) is 5.02 Å². The van der Waals surface area contributed by atoms with E-state index in [9.17, 15) is 4.79 Å². The molecule has 0 radical (unpaired) electrons. The second kappa shape index (κ2) is 10.0. The monoisotopic (exact) mass is 407 g/mol. The van der Waals surface area contributed by atoms with E-state index < -0.39 is 0 Å². The van der Waals surface area contributed by atoms with Crippen LogP contribution in [0.3, 0.4) is 0 Å². The van der Waals surface area contributed by atoms with E-state index in [2.05, 4.69) is 28.9 Å². The lowest BCUT2D eigenvalue weighted by Gasteiger charge is -2.33. The highest BCUT2D eigenvalue weighted by atomic mass is 35.5. The Labute approximate surface area is 169 Å². The molecule has 1 aliphatic rings. The summed E-state index contributed by atoms with van der Waals surface area (Å²) in [5.41, 5.74) is 0.808. The van der Waals surface area contributed by atoms with Crippen molar-refractivity contribution in [3.63, 3.8) is 0 Å². The van der Waals surface area contributed by atoms with Crippen molar-refractivity contribution in [3.05, 3.63) is 35.2 Å². The van der Waals surface area contributed by atoms with E-state index >= 15 is 0 Å². The highest BCUT2D eigenvalue weighted by Gasteiger charge is 2.22. The van der Waals surface area contributed by atoms with Crippen LogP contribution in [0.25, 0.3) is 11.4 Å². The van der Waals surface area contributed by atoms with Crippen molar-refractivity contribution in [3.8, 4) is 11.4 Å².